The van der Waals surface area contributed by atoms with Crippen LogP contribution in [-0.4, -0.2) is 34.5 Å². The van der Waals surface area contributed by atoms with E-state index in [-0.39, 0.29) is 27.3 Å². The van der Waals surface area contributed by atoms with Crippen LogP contribution in [0, 0.1) is 10.8 Å². The van der Waals surface area contributed by atoms with Crippen LogP contribution in [0.4, 0.5) is 0 Å². The molecule has 1 aromatic rings. The highest BCUT2D eigenvalue weighted by Crippen LogP contribution is 2.40. The normalized spacial score (nSPS) is 15.9. The van der Waals surface area contributed by atoms with E-state index in [4.69, 9.17) is 4.74 Å². The number of ether oxygens (including phenoxy) is 1. The van der Waals surface area contributed by atoms with Gasteiger partial charge in [-0.1, -0.05) is 56.2 Å². The topological polar surface area (TPSA) is 67.8 Å². The highest BCUT2D eigenvalue weighted by Gasteiger charge is 2.37. The van der Waals surface area contributed by atoms with Gasteiger partial charge in [-0.3, -0.25) is 9.59 Å². The first kappa shape index (κ1) is 30.6. The molecule has 192 valence electrons. The van der Waals surface area contributed by atoms with E-state index in [2.05, 4.69) is 59.0 Å². The minimum absolute atomic E-state index is 0.0849. The number of nitrogens with one attached hydrogen (secondary N) is 1. The van der Waals surface area contributed by atoms with E-state index in [1.54, 1.807) is 28.5 Å². The number of nitrogens with zero attached hydrogens (tertiary/aromatic N) is 1. The van der Waals surface area contributed by atoms with Gasteiger partial charge in [-0.25, -0.2) is 5.43 Å². The predicted molar refractivity (Wildman–Crippen MR) is 149 cm³/mol. The SMILES string of the molecule is CCSSC(C)(C)CC(=O)N/N=C(\C)c1ccc(OCC(C)(CC)CC(C)(CC)C(C)=O)cc1. The summed E-state index contributed by atoms with van der Waals surface area (Å²) in [4.78, 5) is 24.5. The molecule has 0 aliphatic heterocycles. The van der Waals surface area contributed by atoms with Crippen LogP contribution < -0.4 is 10.2 Å². The van der Waals surface area contributed by atoms with Crippen LogP contribution >= 0.6 is 21.6 Å². The van der Waals surface area contributed by atoms with Crippen molar-refractivity contribution in [1.82, 2.24) is 5.43 Å². The molecule has 0 aliphatic carbocycles. The highest BCUT2D eigenvalue weighted by molar-refractivity contribution is 8.77. The fourth-order valence-corrected chi connectivity index (χ4v) is 5.77. The highest BCUT2D eigenvalue weighted by atomic mass is 33.1. The molecule has 1 rings (SSSR count). The van der Waals surface area contributed by atoms with Gasteiger partial charge in [0, 0.05) is 27.8 Å². The third-order valence-electron chi connectivity index (χ3n) is 6.50. The smallest absolute Gasteiger partial charge is 0.241 e. The fraction of sp³-hybridized carbons (Fsp3) is 0.667. The summed E-state index contributed by atoms with van der Waals surface area (Å²) in [6.07, 6.45) is 2.98. The Morgan fingerprint density at radius 3 is 2.12 bits per heavy atom. The van der Waals surface area contributed by atoms with Gasteiger partial charge >= 0.3 is 0 Å². The molecule has 0 spiro atoms. The Morgan fingerprint density at radius 2 is 1.62 bits per heavy atom. The monoisotopic (exact) mass is 508 g/mol. The third kappa shape index (κ3) is 10.0. The number of hydrogen-bond donors (Lipinski definition) is 1. The average Bonchev–Trinajstić information content (AvgIpc) is 2.79. The lowest BCUT2D eigenvalue weighted by Gasteiger charge is -2.37. The summed E-state index contributed by atoms with van der Waals surface area (Å²) in [5.74, 6) is 1.95. The molecular formula is C27H44N2O3S2. The van der Waals surface area contributed by atoms with Gasteiger partial charge < -0.3 is 4.74 Å². The number of ketones is 1. The number of hydrazone groups is 1. The summed E-state index contributed by atoms with van der Waals surface area (Å²) in [6, 6.07) is 7.76. The number of rotatable bonds is 15. The lowest BCUT2D eigenvalue weighted by atomic mass is 9.69. The molecule has 0 aromatic heterocycles. The van der Waals surface area contributed by atoms with E-state index in [1.165, 1.54) is 0 Å². The van der Waals surface area contributed by atoms with E-state index < -0.39 is 0 Å². The van der Waals surface area contributed by atoms with Gasteiger partial charge in [0.05, 0.1) is 12.3 Å². The van der Waals surface area contributed by atoms with Crippen LogP contribution in [0.1, 0.15) is 93.6 Å². The number of Topliss-reactive ketones (excluding diaryl/α,β-unsaturated/α-hetero) is 1. The summed E-state index contributed by atoms with van der Waals surface area (Å²) in [5, 5.41) is 4.28. The van der Waals surface area contributed by atoms with Crippen LogP contribution in [-0.2, 0) is 9.59 Å². The summed E-state index contributed by atoms with van der Waals surface area (Å²) in [6.45, 7) is 18.9. The van der Waals surface area contributed by atoms with Crippen molar-refractivity contribution in [3.8, 4) is 5.75 Å². The van der Waals surface area contributed by atoms with Crippen molar-refractivity contribution in [2.45, 2.75) is 92.7 Å². The zero-order valence-corrected chi connectivity index (χ0v) is 24.2. The number of amides is 1. The maximum atomic E-state index is 12.3. The van der Waals surface area contributed by atoms with Crippen LogP contribution in [0.2, 0.25) is 0 Å². The van der Waals surface area contributed by atoms with E-state index >= 15 is 0 Å². The molecule has 1 amide bonds. The zero-order valence-electron chi connectivity index (χ0n) is 22.5. The van der Waals surface area contributed by atoms with Crippen molar-refractivity contribution in [1.29, 1.82) is 0 Å². The van der Waals surface area contributed by atoms with E-state index in [0.717, 1.165) is 42.0 Å². The number of carbonyl (C=O) groups is 2. The Morgan fingerprint density at radius 1 is 1.00 bits per heavy atom. The molecule has 0 aliphatic rings. The van der Waals surface area contributed by atoms with Crippen molar-refractivity contribution in [3.05, 3.63) is 29.8 Å². The molecule has 1 aromatic carbocycles. The number of hydrogen-bond acceptors (Lipinski definition) is 6. The van der Waals surface area contributed by atoms with Crippen molar-refractivity contribution in [2.24, 2.45) is 15.9 Å². The molecule has 1 N–H and O–H groups in total. The quantitative estimate of drug-likeness (QED) is 0.153. The lowest BCUT2D eigenvalue weighted by molar-refractivity contribution is -0.128. The van der Waals surface area contributed by atoms with Crippen LogP contribution in [0.5, 0.6) is 5.75 Å². The number of benzene rings is 1. The zero-order chi connectivity index (χ0) is 26.0. The third-order valence-corrected chi connectivity index (χ3v) is 9.86. The first-order chi connectivity index (χ1) is 15.8. The summed E-state index contributed by atoms with van der Waals surface area (Å²) >= 11 is 0. The van der Waals surface area contributed by atoms with Crippen LogP contribution in [0.25, 0.3) is 0 Å². The van der Waals surface area contributed by atoms with Crippen molar-refractivity contribution in [2.75, 3.05) is 12.4 Å². The molecule has 0 saturated carbocycles. The minimum Gasteiger partial charge on any atom is -0.493 e. The van der Waals surface area contributed by atoms with Crippen molar-refractivity contribution < 1.29 is 14.3 Å². The molecule has 0 heterocycles. The standard InChI is InChI=1S/C27H44N2O3S2/c1-10-26(8,18-27(9,11-2)21(5)30)19-32-23-15-13-22(14-16-23)20(4)28-29-24(31)17-25(6,7)34-33-12-3/h13-16H,10-12,17-19H2,1-9H3,(H,29,31)/b28-20+. The molecule has 0 saturated heterocycles. The van der Waals surface area contributed by atoms with Gasteiger partial charge in [0.1, 0.15) is 11.5 Å². The largest absolute Gasteiger partial charge is 0.493 e. The summed E-state index contributed by atoms with van der Waals surface area (Å²) in [7, 11) is 3.49. The Kier molecular flexibility index (Phi) is 12.2. The first-order valence-corrected chi connectivity index (χ1v) is 14.5. The molecule has 7 heteroatoms. The van der Waals surface area contributed by atoms with E-state index in [0.29, 0.717) is 13.0 Å². The van der Waals surface area contributed by atoms with E-state index in [9.17, 15) is 9.59 Å². The Labute approximate surface area is 215 Å². The molecule has 5 nitrogen and oxygen atoms in total. The van der Waals surface area contributed by atoms with Gasteiger partial charge in [-0.2, -0.15) is 5.10 Å². The summed E-state index contributed by atoms with van der Waals surface area (Å²) in [5.41, 5.74) is 3.95. The predicted octanol–water partition coefficient (Wildman–Crippen LogP) is 7.29. The maximum absolute atomic E-state index is 12.3. The maximum Gasteiger partial charge on any atom is 0.241 e. The molecule has 0 fully saturated rings. The second-order valence-electron chi connectivity index (χ2n) is 10.3. The molecular weight excluding hydrogens is 464 g/mol. The van der Waals surface area contributed by atoms with Gasteiger partial charge in [-0.05, 0) is 76.8 Å². The minimum atomic E-state index is -0.321. The molecule has 0 radical (unpaired) electrons. The molecule has 2 unspecified atom stereocenters. The number of carbonyl (C=O) groups excluding carboxylic acids is 2. The first-order valence-electron chi connectivity index (χ1n) is 12.2. The average molecular weight is 509 g/mol. The van der Waals surface area contributed by atoms with Crippen LogP contribution in [0.3, 0.4) is 0 Å². The van der Waals surface area contributed by atoms with Crippen LogP contribution in [0.15, 0.2) is 29.4 Å². The van der Waals surface area contributed by atoms with Crippen molar-refractivity contribution >= 4 is 39.0 Å². The Hall–Kier alpha value is -1.47. The van der Waals surface area contributed by atoms with Gasteiger partial charge in [0.25, 0.3) is 0 Å². The second-order valence-corrected chi connectivity index (χ2v) is 13.6. The van der Waals surface area contributed by atoms with Gasteiger partial charge in [0.2, 0.25) is 5.91 Å². The lowest BCUT2D eigenvalue weighted by Crippen LogP contribution is -2.36. The molecule has 34 heavy (non-hydrogen) atoms. The van der Waals surface area contributed by atoms with Crippen molar-refractivity contribution in [3.63, 3.8) is 0 Å². The molecule has 0 bridgehead atoms. The molecule has 2 atom stereocenters. The fourth-order valence-electron chi connectivity index (χ4n) is 3.65. The van der Waals surface area contributed by atoms with E-state index in [1.807, 2.05) is 31.2 Å². The Balaban J connectivity index is 2.72. The summed E-state index contributed by atoms with van der Waals surface area (Å²) < 4.78 is 5.99. The van der Waals surface area contributed by atoms with Gasteiger partial charge in [0.15, 0.2) is 0 Å². The van der Waals surface area contributed by atoms with Gasteiger partial charge in [-0.15, -0.1) is 0 Å². The Bertz CT molecular complexity index is 839. The second kappa shape index (κ2) is 13.6.